The van der Waals surface area contributed by atoms with Crippen molar-refractivity contribution in [3.63, 3.8) is 0 Å². The fraction of sp³-hybridized carbons (Fsp3) is 0.548. The van der Waals surface area contributed by atoms with Crippen molar-refractivity contribution in [3.8, 4) is 0 Å². The van der Waals surface area contributed by atoms with Crippen LogP contribution in [0.5, 0.6) is 0 Å². The number of unbranched alkanes of at least 4 members (excludes halogenated alkanes) is 2. The third-order valence-corrected chi connectivity index (χ3v) is 10.2. The molecule has 0 saturated heterocycles. The summed E-state index contributed by atoms with van der Waals surface area (Å²) in [5.41, 5.74) is 2.18. The number of rotatable bonds is 17. The van der Waals surface area contributed by atoms with E-state index in [1.807, 2.05) is 13.0 Å². The number of nitrogens with zero attached hydrogens (tertiary/aromatic N) is 2. The summed E-state index contributed by atoms with van der Waals surface area (Å²) >= 11 is 1.77. The minimum Gasteiger partial charge on any atom is -0.381 e. The molecule has 1 atom stereocenters. The number of fused-ring (bicyclic) bond motifs is 1. The van der Waals surface area contributed by atoms with Gasteiger partial charge in [-0.25, -0.2) is 13.4 Å². The summed E-state index contributed by atoms with van der Waals surface area (Å²) in [4.78, 5) is 19.2. The molecule has 0 saturated carbocycles. The number of amides is 1. The summed E-state index contributed by atoms with van der Waals surface area (Å²) in [5.74, 6) is 1.58. The van der Waals surface area contributed by atoms with Gasteiger partial charge in [-0.15, -0.1) is 11.8 Å². The summed E-state index contributed by atoms with van der Waals surface area (Å²) in [6, 6.07) is 12.8. The average molecular weight is 588 g/mol. The molecule has 0 fully saturated rings. The SMILES string of the molecule is CCCCOCCCN1C(CC(=O)Nc2cc(C)ccc2SCC(CC)CCCC)=Nc2ccccc2S1(=O)=O. The zero-order valence-corrected chi connectivity index (χ0v) is 26.1. The molecule has 220 valence electrons. The van der Waals surface area contributed by atoms with Crippen LogP contribution in [0.15, 0.2) is 57.2 Å². The zero-order valence-electron chi connectivity index (χ0n) is 24.4. The summed E-state index contributed by atoms with van der Waals surface area (Å²) in [6.07, 6.45) is 7.16. The van der Waals surface area contributed by atoms with Crippen LogP contribution in [-0.2, 0) is 19.6 Å². The highest BCUT2D eigenvalue weighted by atomic mass is 32.2. The number of thioether (sulfide) groups is 1. The van der Waals surface area contributed by atoms with Gasteiger partial charge in [0.15, 0.2) is 0 Å². The van der Waals surface area contributed by atoms with Gasteiger partial charge in [0.25, 0.3) is 10.0 Å². The number of anilines is 1. The standard InChI is InChI=1S/C31H45N3O4S2/c1-5-8-13-25(7-3)23-39-28-17-16-24(4)21-27(28)33-31(35)22-30-32-26-14-10-11-15-29(26)40(36,37)34(30)18-12-20-38-19-9-6-2/h10-11,14-17,21,25H,5-9,12-13,18-20,22-23H2,1-4H3,(H,33,35). The minimum absolute atomic E-state index is 0.142. The molecular formula is C31H45N3O4S2. The molecule has 2 aromatic carbocycles. The number of carbonyl (C=O) groups is 1. The molecule has 0 radical (unpaired) electrons. The third-order valence-electron chi connectivity index (χ3n) is 7.01. The molecule has 1 heterocycles. The van der Waals surface area contributed by atoms with Gasteiger partial charge in [-0.1, -0.05) is 64.7 Å². The van der Waals surface area contributed by atoms with E-state index in [1.165, 1.54) is 23.6 Å². The van der Waals surface area contributed by atoms with Crippen LogP contribution >= 0.6 is 11.8 Å². The highest BCUT2D eigenvalue weighted by molar-refractivity contribution is 7.99. The molecule has 0 aliphatic carbocycles. The normalized spacial score (nSPS) is 14.9. The number of benzene rings is 2. The third kappa shape index (κ3) is 9.08. The van der Waals surface area contributed by atoms with Gasteiger partial charge in [0, 0.05) is 30.4 Å². The van der Waals surface area contributed by atoms with E-state index in [4.69, 9.17) is 4.74 Å². The average Bonchev–Trinajstić information content (AvgIpc) is 2.93. The predicted molar refractivity (Wildman–Crippen MR) is 166 cm³/mol. The Balaban J connectivity index is 1.75. The smallest absolute Gasteiger partial charge is 0.267 e. The van der Waals surface area contributed by atoms with Crippen LogP contribution in [0.2, 0.25) is 0 Å². The van der Waals surface area contributed by atoms with Crippen LogP contribution in [-0.4, -0.2) is 50.0 Å². The molecule has 40 heavy (non-hydrogen) atoms. The summed E-state index contributed by atoms with van der Waals surface area (Å²) in [6.45, 7) is 9.87. The van der Waals surface area contributed by atoms with Gasteiger partial charge in [-0.3, -0.25) is 9.10 Å². The van der Waals surface area contributed by atoms with Crippen molar-refractivity contribution in [2.75, 3.05) is 30.8 Å². The van der Waals surface area contributed by atoms with Crippen molar-refractivity contribution in [2.24, 2.45) is 10.9 Å². The Morgan fingerprint density at radius 3 is 2.55 bits per heavy atom. The molecule has 1 amide bonds. The Kier molecular flexibility index (Phi) is 13.0. The number of aryl methyl sites for hydroxylation is 1. The molecule has 3 rings (SSSR count). The van der Waals surface area contributed by atoms with Gasteiger partial charge in [0.1, 0.15) is 10.7 Å². The van der Waals surface area contributed by atoms with Crippen molar-refractivity contribution >= 4 is 44.9 Å². The first kappa shape index (κ1) is 32.2. The lowest BCUT2D eigenvalue weighted by Crippen LogP contribution is -2.41. The van der Waals surface area contributed by atoms with Crippen LogP contribution in [0.25, 0.3) is 0 Å². The summed E-state index contributed by atoms with van der Waals surface area (Å²) < 4.78 is 34.0. The highest BCUT2D eigenvalue weighted by Gasteiger charge is 2.34. The monoisotopic (exact) mass is 587 g/mol. The molecule has 2 aromatic rings. The Morgan fingerprint density at radius 1 is 1.05 bits per heavy atom. The number of nitrogens with one attached hydrogen (secondary N) is 1. The second-order valence-electron chi connectivity index (χ2n) is 10.3. The van der Waals surface area contributed by atoms with Crippen LogP contribution in [0.1, 0.15) is 77.7 Å². The van der Waals surface area contributed by atoms with Crippen molar-refractivity contribution < 1.29 is 17.9 Å². The molecule has 0 bridgehead atoms. The number of ether oxygens (including phenoxy) is 1. The second-order valence-corrected chi connectivity index (χ2v) is 13.2. The number of amidine groups is 1. The Hall–Kier alpha value is -2.36. The van der Waals surface area contributed by atoms with E-state index in [0.717, 1.165) is 41.2 Å². The minimum atomic E-state index is -3.83. The van der Waals surface area contributed by atoms with E-state index >= 15 is 0 Å². The van der Waals surface area contributed by atoms with E-state index in [2.05, 4.69) is 43.2 Å². The maximum Gasteiger partial charge on any atom is 0.267 e. The maximum atomic E-state index is 13.5. The first-order valence-electron chi connectivity index (χ1n) is 14.6. The highest BCUT2D eigenvalue weighted by Crippen LogP contribution is 2.34. The summed E-state index contributed by atoms with van der Waals surface area (Å²) in [5, 5.41) is 3.06. The molecule has 9 heteroatoms. The van der Waals surface area contributed by atoms with E-state index in [0.29, 0.717) is 31.2 Å². The van der Waals surface area contributed by atoms with Crippen molar-refractivity contribution in [2.45, 2.75) is 88.9 Å². The van der Waals surface area contributed by atoms with Crippen LogP contribution < -0.4 is 5.32 Å². The number of para-hydroxylation sites is 1. The van der Waals surface area contributed by atoms with Crippen LogP contribution in [0.3, 0.4) is 0 Å². The number of hydrogen-bond donors (Lipinski definition) is 1. The first-order valence-corrected chi connectivity index (χ1v) is 17.0. The Morgan fingerprint density at radius 2 is 1.80 bits per heavy atom. The molecule has 7 nitrogen and oxygen atoms in total. The van der Waals surface area contributed by atoms with Crippen LogP contribution in [0.4, 0.5) is 11.4 Å². The van der Waals surface area contributed by atoms with Gasteiger partial charge in [0.2, 0.25) is 5.91 Å². The van der Waals surface area contributed by atoms with Gasteiger partial charge in [0.05, 0.1) is 17.8 Å². The first-order chi connectivity index (χ1) is 19.3. The number of sulfonamides is 1. The number of carbonyl (C=O) groups excluding carboxylic acids is 1. The molecular weight excluding hydrogens is 542 g/mol. The van der Waals surface area contributed by atoms with Gasteiger partial charge >= 0.3 is 0 Å². The Labute approximate surface area is 245 Å². The lowest BCUT2D eigenvalue weighted by Gasteiger charge is -2.29. The molecule has 0 spiro atoms. The molecule has 1 aliphatic heterocycles. The molecule has 1 aliphatic rings. The van der Waals surface area contributed by atoms with E-state index in [-0.39, 0.29) is 29.6 Å². The van der Waals surface area contributed by atoms with Gasteiger partial charge in [-0.05, 0) is 61.9 Å². The van der Waals surface area contributed by atoms with Crippen molar-refractivity contribution in [3.05, 3.63) is 48.0 Å². The van der Waals surface area contributed by atoms with Crippen LogP contribution in [0, 0.1) is 12.8 Å². The second kappa shape index (κ2) is 16.2. The fourth-order valence-electron chi connectivity index (χ4n) is 4.57. The topological polar surface area (TPSA) is 88.1 Å². The molecule has 1 unspecified atom stereocenters. The fourth-order valence-corrected chi connectivity index (χ4v) is 7.43. The van der Waals surface area contributed by atoms with E-state index in [9.17, 15) is 13.2 Å². The number of aliphatic imine (C=N–C) groups is 1. The maximum absolute atomic E-state index is 13.5. The lowest BCUT2D eigenvalue weighted by molar-refractivity contribution is -0.115. The predicted octanol–water partition coefficient (Wildman–Crippen LogP) is 7.57. The lowest BCUT2D eigenvalue weighted by atomic mass is 10.0. The van der Waals surface area contributed by atoms with Crippen molar-refractivity contribution in [1.82, 2.24) is 4.31 Å². The van der Waals surface area contributed by atoms with Gasteiger partial charge < -0.3 is 10.1 Å². The summed E-state index contributed by atoms with van der Waals surface area (Å²) in [7, 11) is -3.83. The molecule has 1 N–H and O–H groups in total. The zero-order chi connectivity index (χ0) is 29.0. The quantitative estimate of drug-likeness (QED) is 0.152. The van der Waals surface area contributed by atoms with Gasteiger partial charge in [-0.2, -0.15) is 0 Å². The largest absolute Gasteiger partial charge is 0.381 e. The van der Waals surface area contributed by atoms with E-state index < -0.39 is 10.0 Å². The Bertz CT molecular complexity index is 1250. The van der Waals surface area contributed by atoms with E-state index in [1.54, 1.807) is 36.0 Å². The molecule has 0 aromatic heterocycles. The number of hydrogen-bond acceptors (Lipinski definition) is 6. The van der Waals surface area contributed by atoms with Crippen molar-refractivity contribution in [1.29, 1.82) is 0 Å².